The maximum absolute atomic E-state index is 11.8. The van der Waals surface area contributed by atoms with Crippen molar-refractivity contribution in [3.05, 3.63) is 0 Å². The number of hydrogen-bond acceptors (Lipinski definition) is 1. The van der Waals surface area contributed by atoms with Gasteiger partial charge in [-0.3, -0.25) is 0 Å². The van der Waals surface area contributed by atoms with Crippen LogP contribution < -0.4 is 5.32 Å². The predicted molar refractivity (Wildman–Crippen MR) is 54.0 cm³/mol. The number of halogens is 3. The van der Waals surface area contributed by atoms with Gasteiger partial charge in [0, 0.05) is 19.6 Å². The normalized spacial score (nSPS) is 18.6. The molecule has 0 aromatic heterocycles. The molecule has 0 spiro atoms. The average Bonchev–Trinajstić information content (AvgIpc) is 2.16. The molecule has 0 bridgehead atoms. The smallest absolute Gasteiger partial charge is 0.338 e. The lowest BCUT2D eigenvalue weighted by molar-refractivity contribution is -0.133. The van der Waals surface area contributed by atoms with Gasteiger partial charge in [-0.2, -0.15) is 13.2 Å². The molecule has 1 aliphatic heterocycles. The molecule has 0 aromatic carbocycles. The lowest BCUT2D eigenvalue weighted by Crippen LogP contribution is -2.44. The van der Waals surface area contributed by atoms with E-state index >= 15 is 0 Å². The highest BCUT2D eigenvalue weighted by Gasteiger charge is 2.27. The van der Waals surface area contributed by atoms with Gasteiger partial charge >= 0.3 is 12.2 Å². The van der Waals surface area contributed by atoms with E-state index in [2.05, 4.69) is 12.2 Å². The molecule has 1 N–H and O–H groups in total. The minimum absolute atomic E-state index is 0.339. The van der Waals surface area contributed by atoms with Gasteiger partial charge in [-0.25, -0.2) is 4.79 Å². The number of carbonyl (C=O) groups excluding carboxylic acids is 1. The Balaban J connectivity index is 2.20. The quantitative estimate of drug-likeness (QED) is 0.787. The minimum atomic E-state index is -4.20. The molecule has 0 unspecified atom stereocenters. The van der Waals surface area contributed by atoms with Crippen molar-refractivity contribution in [1.82, 2.24) is 10.2 Å². The Bertz CT molecular complexity index is 235. The summed E-state index contributed by atoms with van der Waals surface area (Å²) in [6.45, 7) is 3.05. The number of alkyl halides is 3. The fourth-order valence-electron chi connectivity index (χ4n) is 1.63. The van der Waals surface area contributed by atoms with E-state index in [1.165, 1.54) is 0 Å². The Hall–Kier alpha value is -0.940. The van der Waals surface area contributed by atoms with Crippen LogP contribution in [-0.4, -0.2) is 36.7 Å². The van der Waals surface area contributed by atoms with Crippen LogP contribution in [0.1, 0.15) is 26.2 Å². The maximum Gasteiger partial charge on any atom is 0.390 e. The van der Waals surface area contributed by atoms with Crippen LogP contribution in [0, 0.1) is 5.92 Å². The van der Waals surface area contributed by atoms with E-state index in [0.717, 1.165) is 12.8 Å². The van der Waals surface area contributed by atoms with Crippen molar-refractivity contribution in [3.63, 3.8) is 0 Å². The van der Waals surface area contributed by atoms with Crippen molar-refractivity contribution in [2.75, 3.05) is 19.6 Å². The summed E-state index contributed by atoms with van der Waals surface area (Å²) in [6.07, 6.45) is -3.33. The summed E-state index contributed by atoms with van der Waals surface area (Å²) in [5.74, 6) is 0.597. The van der Waals surface area contributed by atoms with Gasteiger partial charge in [0.1, 0.15) is 0 Å². The van der Waals surface area contributed by atoms with Crippen LogP contribution in [0.15, 0.2) is 0 Å². The number of amides is 2. The topological polar surface area (TPSA) is 32.3 Å². The molecule has 2 amide bonds. The monoisotopic (exact) mass is 238 g/mol. The van der Waals surface area contributed by atoms with Crippen LogP contribution in [0.5, 0.6) is 0 Å². The first-order valence-corrected chi connectivity index (χ1v) is 5.48. The lowest BCUT2D eigenvalue weighted by atomic mass is 10.00. The van der Waals surface area contributed by atoms with E-state index in [0.29, 0.717) is 19.0 Å². The molecule has 0 atom stereocenters. The SMILES string of the molecule is CC1CCN(C(=O)NCCC(F)(F)F)CC1. The van der Waals surface area contributed by atoms with Gasteiger partial charge in [-0.1, -0.05) is 6.92 Å². The second kappa shape index (κ2) is 5.41. The van der Waals surface area contributed by atoms with Crippen molar-refractivity contribution in [2.24, 2.45) is 5.92 Å². The Labute approximate surface area is 93.0 Å². The minimum Gasteiger partial charge on any atom is -0.338 e. The first kappa shape index (κ1) is 13.1. The zero-order chi connectivity index (χ0) is 12.2. The van der Waals surface area contributed by atoms with Crippen LogP contribution in [0.4, 0.5) is 18.0 Å². The van der Waals surface area contributed by atoms with Crippen molar-refractivity contribution in [3.8, 4) is 0 Å². The highest BCUT2D eigenvalue weighted by Crippen LogP contribution is 2.19. The number of urea groups is 1. The Morgan fingerprint density at radius 2 is 1.94 bits per heavy atom. The zero-order valence-corrected chi connectivity index (χ0v) is 9.31. The second-order valence-electron chi connectivity index (χ2n) is 4.27. The molecule has 1 heterocycles. The molecule has 0 aromatic rings. The fourth-order valence-corrected chi connectivity index (χ4v) is 1.63. The highest BCUT2D eigenvalue weighted by atomic mass is 19.4. The summed E-state index contributed by atoms with van der Waals surface area (Å²) in [5.41, 5.74) is 0. The molecule has 1 saturated heterocycles. The lowest BCUT2D eigenvalue weighted by Gasteiger charge is -2.30. The van der Waals surface area contributed by atoms with Crippen LogP contribution in [0.25, 0.3) is 0 Å². The summed E-state index contributed by atoms with van der Waals surface area (Å²) in [4.78, 5) is 13.0. The van der Waals surface area contributed by atoms with Gasteiger partial charge in [-0.05, 0) is 18.8 Å². The van der Waals surface area contributed by atoms with Crippen LogP contribution in [0.2, 0.25) is 0 Å². The molecular weight excluding hydrogens is 221 g/mol. The average molecular weight is 238 g/mol. The number of hydrogen-bond donors (Lipinski definition) is 1. The van der Waals surface area contributed by atoms with Gasteiger partial charge in [0.15, 0.2) is 0 Å². The van der Waals surface area contributed by atoms with Crippen molar-refractivity contribution >= 4 is 6.03 Å². The molecule has 94 valence electrons. The van der Waals surface area contributed by atoms with E-state index in [1.54, 1.807) is 4.90 Å². The number of nitrogens with zero attached hydrogens (tertiary/aromatic N) is 1. The maximum atomic E-state index is 11.8. The second-order valence-corrected chi connectivity index (χ2v) is 4.27. The summed E-state index contributed by atoms with van der Waals surface area (Å²) in [6, 6.07) is -0.379. The number of likely N-dealkylation sites (tertiary alicyclic amines) is 1. The van der Waals surface area contributed by atoms with E-state index in [1.807, 2.05) is 0 Å². The van der Waals surface area contributed by atoms with Gasteiger partial charge in [0.05, 0.1) is 6.42 Å². The Morgan fingerprint density at radius 3 is 2.44 bits per heavy atom. The standard InChI is InChI=1S/C10H17F3N2O/c1-8-2-6-15(7-3-8)9(16)14-5-4-10(11,12)13/h8H,2-7H2,1H3,(H,14,16). The molecule has 1 aliphatic rings. The van der Waals surface area contributed by atoms with Crippen LogP contribution >= 0.6 is 0 Å². The number of carbonyl (C=O) groups is 1. The molecule has 0 aliphatic carbocycles. The third kappa shape index (κ3) is 4.72. The Morgan fingerprint density at radius 1 is 1.38 bits per heavy atom. The van der Waals surface area contributed by atoms with Crippen molar-refractivity contribution < 1.29 is 18.0 Å². The van der Waals surface area contributed by atoms with E-state index in [9.17, 15) is 18.0 Å². The first-order chi connectivity index (χ1) is 7.38. The molecule has 0 radical (unpaired) electrons. The summed E-state index contributed by atoms with van der Waals surface area (Å²) in [7, 11) is 0. The van der Waals surface area contributed by atoms with Gasteiger partial charge < -0.3 is 10.2 Å². The third-order valence-corrected chi connectivity index (χ3v) is 2.76. The largest absolute Gasteiger partial charge is 0.390 e. The molecule has 1 rings (SSSR count). The van der Waals surface area contributed by atoms with Gasteiger partial charge in [0.2, 0.25) is 0 Å². The Kier molecular flexibility index (Phi) is 4.44. The van der Waals surface area contributed by atoms with Gasteiger partial charge in [-0.15, -0.1) is 0 Å². The van der Waals surface area contributed by atoms with E-state index in [-0.39, 0.29) is 12.6 Å². The number of nitrogens with one attached hydrogen (secondary N) is 1. The molecular formula is C10H17F3N2O. The molecule has 6 heteroatoms. The summed E-state index contributed by atoms with van der Waals surface area (Å²) in [5, 5.41) is 2.29. The van der Waals surface area contributed by atoms with E-state index in [4.69, 9.17) is 0 Å². The van der Waals surface area contributed by atoms with Gasteiger partial charge in [0.25, 0.3) is 0 Å². The molecule has 3 nitrogen and oxygen atoms in total. The molecule has 1 fully saturated rings. The van der Waals surface area contributed by atoms with E-state index < -0.39 is 12.6 Å². The zero-order valence-electron chi connectivity index (χ0n) is 9.31. The summed E-state index contributed by atoms with van der Waals surface area (Å²) >= 11 is 0. The molecule has 16 heavy (non-hydrogen) atoms. The summed E-state index contributed by atoms with van der Waals surface area (Å²) < 4.78 is 35.5. The fraction of sp³-hybridized carbons (Fsp3) is 0.900. The third-order valence-electron chi connectivity index (χ3n) is 2.76. The predicted octanol–water partition coefficient (Wildman–Crippen LogP) is 2.38. The molecule has 0 saturated carbocycles. The van der Waals surface area contributed by atoms with Crippen molar-refractivity contribution in [2.45, 2.75) is 32.4 Å². The first-order valence-electron chi connectivity index (χ1n) is 5.48. The van der Waals surface area contributed by atoms with Crippen LogP contribution in [-0.2, 0) is 0 Å². The number of piperidine rings is 1. The highest BCUT2D eigenvalue weighted by molar-refractivity contribution is 5.74. The van der Waals surface area contributed by atoms with Crippen LogP contribution in [0.3, 0.4) is 0 Å². The van der Waals surface area contributed by atoms with Crippen molar-refractivity contribution in [1.29, 1.82) is 0 Å². The number of rotatable bonds is 2.